The van der Waals surface area contributed by atoms with E-state index in [9.17, 15) is 0 Å². The monoisotopic (exact) mass is 248 g/mol. The Labute approximate surface area is 105 Å². The van der Waals surface area contributed by atoms with Crippen LogP contribution in [0.25, 0.3) is 0 Å². The van der Waals surface area contributed by atoms with Crippen molar-refractivity contribution in [3.63, 3.8) is 0 Å². The van der Waals surface area contributed by atoms with Gasteiger partial charge >= 0.3 is 0 Å². The molecule has 0 aliphatic rings. The zero-order valence-corrected chi connectivity index (χ0v) is 10.9. The second-order valence-corrected chi connectivity index (χ2v) is 4.85. The zero-order valence-electron chi connectivity index (χ0n) is 10.1. The third-order valence-corrected chi connectivity index (χ3v) is 3.80. The van der Waals surface area contributed by atoms with E-state index in [4.69, 9.17) is 5.73 Å². The lowest BCUT2D eigenvalue weighted by molar-refractivity contribution is 0.765. The van der Waals surface area contributed by atoms with Gasteiger partial charge in [-0.1, -0.05) is 18.2 Å². The molecule has 2 rings (SSSR count). The van der Waals surface area contributed by atoms with E-state index in [1.54, 1.807) is 11.8 Å². The Morgan fingerprint density at radius 1 is 1.29 bits per heavy atom. The molecule has 0 bridgehead atoms. The molecule has 0 spiro atoms. The summed E-state index contributed by atoms with van der Waals surface area (Å²) in [5, 5.41) is 9.12. The minimum atomic E-state index is 0.662. The Kier molecular flexibility index (Phi) is 3.81. The standard InChI is InChI=1S/C12H16N4S/c1-9-14-15-12(16(9)2)17-11-6-4-3-5-10(11)7-8-13/h3-6H,7-8,13H2,1-2H3. The fraction of sp³-hybridized carbons (Fsp3) is 0.333. The molecule has 0 radical (unpaired) electrons. The zero-order chi connectivity index (χ0) is 12.3. The molecular formula is C12H16N4S. The molecule has 5 heteroatoms. The van der Waals surface area contributed by atoms with Gasteiger partial charge < -0.3 is 10.3 Å². The van der Waals surface area contributed by atoms with Crippen molar-refractivity contribution in [1.29, 1.82) is 0 Å². The molecular weight excluding hydrogens is 232 g/mol. The van der Waals surface area contributed by atoms with E-state index in [0.29, 0.717) is 6.54 Å². The van der Waals surface area contributed by atoms with Gasteiger partial charge in [0.25, 0.3) is 0 Å². The highest BCUT2D eigenvalue weighted by atomic mass is 32.2. The lowest BCUT2D eigenvalue weighted by Crippen LogP contribution is -2.03. The number of hydrogen-bond donors (Lipinski definition) is 1. The summed E-state index contributed by atoms with van der Waals surface area (Å²) in [4.78, 5) is 1.20. The van der Waals surface area contributed by atoms with Crippen molar-refractivity contribution in [3.05, 3.63) is 35.7 Å². The molecule has 0 saturated carbocycles. The molecule has 0 unspecified atom stereocenters. The van der Waals surface area contributed by atoms with E-state index in [1.807, 2.05) is 30.7 Å². The normalized spacial score (nSPS) is 10.8. The molecule has 1 aromatic carbocycles. The Morgan fingerprint density at radius 3 is 2.71 bits per heavy atom. The molecule has 4 nitrogen and oxygen atoms in total. The quantitative estimate of drug-likeness (QED) is 0.896. The first-order valence-corrected chi connectivity index (χ1v) is 6.36. The van der Waals surface area contributed by atoms with Gasteiger partial charge in [0.15, 0.2) is 5.16 Å². The van der Waals surface area contributed by atoms with Crippen LogP contribution in [0.1, 0.15) is 11.4 Å². The van der Waals surface area contributed by atoms with Crippen LogP contribution in [0.3, 0.4) is 0 Å². The molecule has 2 aromatic rings. The van der Waals surface area contributed by atoms with Crippen LogP contribution < -0.4 is 5.73 Å². The largest absolute Gasteiger partial charge is 0.330 e. The van der Waals surface area contributed by atoms with Crippen molar-refractivity contribution in [2.75, 3.05) is 6.54 Å². The van der Waals surface area contributed by atoms with Crippen molar-refractivity contribution in [3.8, 4) is 0 Å². The van der Waals surface area contributed by atoms with Crippen molar-refractivity contribution in [2.24, 2.45) is 12.8 Å². The van der Waals surface area contributed by atoms with E-state index in [-0.39, 0.29) is 0 Å². The summed E-state index contributed by atoms with van der Waals surface area (Å²) in [6.45, 7) is 2.61. The van der Waals surface area contributed by atoms with Gasteiger partial charge in [-0.25, -0.2) is 0 Å². The van der Waals surface area contributed by atoms with E-state index in [1.165, 1.54) is 10.5 Å². The van der Waals surface area contributed by atoms with Crippen LogP contribution in [-0.2, 0) is 13.5 Å². The molecule has 0 atom stereocenters. The molecule has 0 saturated heterocycles. The summed E-state index contributed by atoms with van der Waals surface area (Å²) < 4.78 is 1.99. The molecule has 17 heavy (non-hydrogen) atoms. The average molecular weight is 248 g/mol. The molecule has 0 amide bonds. The summed E-state index contributed by atoms with van der Waals surface area (Å²) in [7, 11) is 1.98. The highest BCUT2D eigenvalue weighted by Gasteiger charge is 2.09. The predicted molar refractivity (Wildman–Crippen MR) is 69.1 cm³/mol. The van der Waals surface area contributed by atoms with E-state index < -0.39 is 0 Å². The van der Waals surface area contributed by atoms with Crippen LogP contribution in [0, 0.1) is 6.92 Å². The maximum atomic E-state index is 5.61. The van der Waals surface area contributed by atoms with Gasteiger partial charge in [-0.15, -0.1) is 10.2 Å². The van der Waals surface area contributed by atoms with E-state index in [2.05, 4.69) is 22.3 Å². The first-order valence-electron chi connectivity index (χ1n) is 5.54. The summed E-state index contributed by atoms with van der Waals surface area (Å²) in [6.07, 6.45) is 0.889. The van der Waals surface area contributed by atoms with Crippen LogP contribution in [0.2, 0.25) is 0 Å². The second-order valence-electron chi connectivity index (χ2n) is 3.84. The van der Waals surface area contributed by atoms with Crippen LogP contribution in [-0.4, -0.2) is 21.3 Å². The van der Waals surface area contributed by atoms with Crippen LogP contribution >= 0.6 is 11.8 Å². The number of aromatic nitrogens is 3. The Bertz CT molecular complexity index is 507. The van der Waals surface area contributed by atoms with Crippen LogP contribution in [0.5, 0.6) is 0 Å². The topological polar surface area (TPSA) is 56.7 Å². The van der Waals surface area contributed by atoms with Gasteiger partial charge in [0.1, 0.15) is 5.82 Å². The molecule has 1 aromatic heterocycles. The molecule has 1 heterocycles. The van der Waals surface area contributed by atoms with Crippen LogP contribution in [0.15, 0.2) is 34.3 Å². The number of rotatable bonds is 4. The van der Waals surface area contributed by atoms with Crippen LogP contribution in [0.4, 0.5) is 0 Å². The fourth-order valence-electron chi connectivity index (χ4n) is 1.54. The first-order chi connectivity index (χ1) is 8.22. The van der Waals surface area contributed by atoms with Gasteiger partial charge in [-0.2, -0.15) is 0 Å². The third-order valence-electron chi connectivity index (χ3n) is 2.64. The van der Waals surface area contributed by atoms with Gasteiger partial charge in [-0.3, -0.25) is 0 Å². The van der Waals surface area contributed by atoms with Crippen molar-refractivity contribution in [1.82, 2.24) is 14.8 Å². The molecule has 90 valence electrons. The summed E-state index contributed by atoms with van der Waals surface area (Å²) in [5.74, 6) is 0.920. The Hall–Kier alpha value is -1.33. The van der Waals surface area contributed by atoms with Gasteiger partial charge in [-0.05, 0) is 43.3 Å². The number of benzene rings is 1. The lowest BCUT2D eigenvalue weighted by Gasteiger charge is -2.07. The number of aryl methyl sites for hydroxylation is 1. The number of nitrogens with zero attached hydrogens (tertiary/aromatic N) is 3. The number of nitrogens with two attached hydrogens (primary N) is 1. The highest BCUT2D eigenvalue weighted by molar-refractivity contribution is 7.99. The van der Waals surface area contributed by atoms with Crippen molar-refractivity contribution < 1.29 is 0 Å². The molecule has 0 aliphatic heterocycles. The summed E-state index contributed by atoms with van der Waals surface area (Å²) >= 11 is 1.64. The minimum absolute atomic E-state index is 0.662. The smallest absolute Gasteiger partial charge is 0.195 e. The van der Waals surface area contributed by atoms with Crippen molar-refractivity contribution in [2.45, 2.75) is 23.4 Å². The minimum Gasteiger partial charge on any atom is -0.330 e. The van der Waals surface area contributed by atoms with E-state index >= 15 is 0 Å². The summed E-state index contributed by atoms with van der Waals surface area (Å²) in [5.41, 5.74) is 6.88. The molecule has 0 aliphatic carbocycles. The van der Waals surface area contributed by atoms with Gasteiger partial charge in [0.2, 0.25) is 0 Å². The molecule has 0 fully saturated rings. The third kappa shape index (κ3) is 2.68. The lowest BCUT2D eigenvalue weighted by atomic mass is 10.1. The van der Waals surface area contributed by atoms with Gasteiger partial charge in [0, 0.05) is 11.9 Å². The average Bonchev–Trinajstić information content (AvgIpc) is 2.64. The second kappa shape index (κ2) is 5.33. The van der Waals surface area contributed by atoms with E-state index in [0.717, 1.165) is 17.4 Å². The predicted octanol–water partition coefficient (Wildman–Crippen LogP) is 1.78. The first kappa shape index (κ1) is 12.1. The summed E-state index contributed by atoms with van der Waals surface area (Å²) in [6, 6.07) is 8.28. The maximum absolute atomic E-state index is 5.61. The van der Waals surface area contributed by atoms with Crippen molar-refractivity contribution >= 4 is 11.8 Å². The Morgan fingerprint density at radius 2 is 2.06 bits per heavy atom. The fourth-order valence-corrected chi connectivity index (χ4v) is 2.54. The maximum Gasteiger partial charge on any atom is 0.195 e. The number of hydrogen-bond acceptors (Lipinski definition) is 4. The highest BCUT2D eigenvalue weighted by Crippen LogP contribution is 2.29. The molecule has 2 N–H and O–H groups in total. The Balaban J connectivity index is 2.26. The SMILES string of the molecule is Cc1nnc(Sc2ccccc2CCN)n1C. The van der Waals surface area contributed by atoms with Gasteiger partial charge in [0.05, 0.1) is 0 Å².